The molecule has 0 bridgehead atoms. The summed E-state index contributed by atoms with van der Waals surface area (Å²) in [5.74, 6) is 1.42. The number of fused-ring (bicyclic) bond motifs is 3. The van der Waals surface area contributed by atoms with Crippen LogP contribution in [0, 0.1) is 5.92 Å². The Balaban J connectivity index is 1.59. The average molecular weight is 424 g/mol. The van der Waals surface area contributed by atoms with Crippen LogP contribution in [0.2, 0.25) is 0 Å². The largest absolute Gasteiger partial charge is 0.442 e. The number of oxazole rings is 1. The first kappa shape index (κ1) is 19.2. The molecule has 0 amide bonds. The van der Waals surface area contributed by atoms with E-state index < -0.39 is 0 Å². The number of benzene rings is 1. The van der Waals surface area contributed by atoms with Gasteiger partial charge >= 0.3 is 0 Å². The van der Waals surface area contributed by atoms with Gasteiger partial charge in [-0.05, 0) is 60.9 Å². The van der Waals surface area contributed by atoms with E-state index in [0.717, 1.165) is 40.0 Å². The topological polar surface area (TPSA) is 69.1 Å². The number of aliphatic imine (C=N–C) groups is 1. The zero-order valence-electron chi connectivity index (χ0n) is 18.5. The van der Waals surface area contributed by atoms with Crippen molar-refractivity contribution in [1.82, 2.24) is 19.5 Å². The van der Waals surface area contributed by atoms with Crippen molar-refractivity contribution in [2.24, 2.45) is 10.9 Å². The number of pyridine rings is 1. The van der Waals surface area contributed by atoms with Crippen molar-refractivity contribution in [2.45, 2.75) is 45.1 Å². The van der Waals surface area contributed by atoms with Crippen molar-refractivity contribution < 1.29 is 4.42 Å². The standard InChI is InChI=1S/C26H25N5O/c1-16-11-26(3,12-16)18-7-8-21-19(10-18)23(20-6-4-5-9-28-20)30-17(2)25-24(29-14-31(21)25)22-13-27-15-32-22/h4-10,13-17H,11-12H2,1-3H3/t16?,17-,26?/m1/s1. The monoisotopic (exact) mass is 423 g/mol. The van der Waals surface area contributed by atoms with Crippen LogP contribution in [0.15, 0.2) is 70.9 Å². The number of aromatic nitrogens is 4. The molecule has 4 heterocycles. The molecule has 0 spiro atoms. The molecule has 2 aliphatic rings. The van der Waals surface area contributed by atoms with Crippen LogP contribution in [0.4, 0.5) is 0 Å². The molecule has 1 atom stereocenters. The molecule has 6 nitrogen and oxygen atoms in total. The molecule has 1 saturated carbocycles. The Bertz CT molecular complexity index is 1310. The van der Waals surface area contributed by atoms with Crippen LogP contribution < -0.4 is 0 Å². The molecular weight excluding hydrogens is 398 g/mol. The van der Waals surface area contributed by atoms with E-state index in [4.69, 9.17) is 9.41 Å². The van der Waals surface area contributed by atoms with Crippen LogP contribution in [0.5, 0.6) is 0 Å². The molecule has 0 radical (unpaired) electrons. The zero-order valence-corrected chi connectivity index (χ0v) is 18.5. The lowest BCUT2D eigenvalue weighted by Gasteiger charge is -2.44. The van der Waals surface area contributed by atoms with Crippen LogP contribution in [0.25, 0.3) is 17.1 Å². The SMILES string of the molecule is CC1CC(C)(c2ccc3c(c2)C(c2ccccn2)=N[C@H](C)c2c(-c4cnco4)ncn2-3)C1. The Hall–Kier alpha value is -3.54. The molecule has 160 valence electrons. The molecule has 4 aromatic rings. The van der Waals surface area contributed by atoms with Gasteiger partial charge in [0.15, 0.2) is 12.2 Å². The minimum Gasteiger partial charge on any atom is -0.442 e. The fourth-order valence-electron chi connectivity index (χ4n) is 5.53. The van der Waals surface area contributed by atoms with Crippen LogP contribution in [-0.2, 0) is 5.41 Å². The summed E-state index contributed by atoms with van der Waals surface area (Å²) in [6.07, 6.45) is 9.26. The number of nitrogens with zero attached hydrogens (tertiary/aromatic N) is 5. The maximum atomic E-state index is 5.58. The molecule has 3 aromatic heterocycles. The maximum Gasteiger partial charge on any atom is 0.181 e. The van der Waals surface area contributed by atoms with Gasteiger partial charge in [-0.3, -0.25) is 14.5 Å². The van der Waals surface area contributed by atoms with Gasteiger partial charge in [0.05, 0.1) is 35.0 Å². The summed E-state index contributed by atoms with van der Waals surface area (Å²) in [7, 11) is 0. The minimum absolute atomic E-state index is 0.134. The molecule has 1 aliphatic carbocycles. The second-order valence-corrected chi connectivity index (χ2v) is 9.39. The summed E-state index contributed by atoms with van der Waals surface area (Å²) in [6.45, 7) is 6.80. The van der Waals surface area contributed by atoms with Crippen molar-refractivity contribution in [1.29, 1.82) is 0 Å². The third-order valence-corrected chi connectivity index (χ3v) is 6.90. The quantitative estimate of drug-likeness (QED) is 0.435. The normalized spacial score (nSPS) is 24.2. The summed E-state index contributed by atoms with van der Waals surface area (Å²) in [5.41, 5.74) is 7.29. The number of imidazole rings is 1. The molecule has 6 rings (SSSR count). The van der Waals surface area contributed by atoms with E-state index in [9.17, 15) is 0 Å². The van der Waals surface area contributed by atoms with Gasteiger partial charge in [0.25, 0.3) is 0 Å². The summed E-state index contributed by atoms with van der Waals surface area (Å²) in [6, 6.07) is 12.7. The van der Waals surface area contributed by atoms with Crippen molar-refractivity contribution in [3.05, 3.63) is 84.0 Å². The van der Waals surface area contributed by atoms with E-state index in [2.05, 4.69) is 58.5 Å². The van der Waals surface area contributed by atoms with Crippen molar-refractivity contribution in [2.75, 3.05) is 0 Å². The van der Waals surface area contributed by atoms with Crippen LogP contribution >= 0.6 is 0 Å². The second kappa shape index (κ2) is 6.99. The highest BCUT2D eigenvalue weighted by molar-refractivity contribution is 6.14. The van der Waals surface area contributed by atoms with Gasteiger partial charge in [0.1, 0.15) is 12.0 Å². The van der Waals surface area contributed by atoms with Crippen molar-refractivity contribution in [3.63, 3.8) is 0 Å². The van der Waals surface area contributed by atoms with Gasteiger partial charge in [0, 0.05) is 11.8 Å². The van der Waals surface area contributed by atoms with E-state index in [1.54, 1.807) is 6.20 Å². The second-order valence-electron chi connectivity index (χ2n) is 9.39. The van der Waals surface area contributed by atoms with Crippen molar-refractivity contribution >= 4 is 5.71 Å². The fourth-order valence-corrected chi connectivity index (χ4v) is 5.53. The van der Waals surface area contributed by atoms with Crippen LogP contribution in [-0.4, -0.2) is 25.2 Å². The van der Waals surface area contributed by atoms with Crippen molar-refractivity contribution in [3.8, 4) is 17.1 Å². The first-order valence-corrected chi connectivity index (χ1v) is 11.1. The van der Waals surface area contributed by atoms with E-state index in [-0.39, 0.29) is 11.5 Å². The fraction of sp³-hybridized carbons (Fsp3) is 0.308. The van der Waals surface area contributed by atoms with Gasteiger partial charge in [-0.1, -0.05) is 26.0 Å². The minimum atomic E-state index is -0.134. The summed E-state index contributed by atoms with van der Waals surface area (Å²) in [5, 5.41) is 0. The predicted octanol–water partition coefficient (Wildman–Crippen LogP) is 5.52. The Kier molecular flexibility index (Phi) is 4.18. The van der Waals surface area contributed by atoms with Gasteiger partial charge < -0.3 is 4.42 Å². The lowest BCUT2D eigenvalue weighted by Crippen LogP contribution is -2.37. The van der Waals surface area contributed by atoms with E-state index in [1.807, 2.05) is 30.7 Å². The highest BCUT2D eigenvalue weighted by Gasteiger charge is 2.40. The summed E-state index contributed by atoms with van der Waals surface area (Å²) in [4.78, 5) is 18.6. The van der Waals surface area contributed by atoms with E-state index >= 15 is 0 Å². The van der Waals surface area contributed by atoms with Crippen LogP contribution in [0.3, 0.4) is 0 Å². The van der Waals surface area contributed by atoms with Crippen LogP contribution in [0.1, 0.15) is 62.2 Å². The molecule has 1 aliphatic heterocycles. The Labute approximate surface area is 187 Å². The first-order valence-electron chi connectivity index (χ1n) is 11.1. The summed E-state index contributed by atoms with van der Waals surface area (Å²) >= 11 is 0. The first-order chi connectivity index (χ1) is 15.5. The molecular formula is C26H25N5O. The third-order valence-electron chi connectivity index (χ3n) is 6.90. The lowest BCUT2D eigenvalue weighted by molar-refractivity contribution is 0.178. The highest BCUT2D eigenvalue weighted by Crippen LogP contribution is 2.48. The number of hydrogen-bond donors (Lipinski definition) is 0. The molecule has 1 aromatic carbocycles. The average Bonchev–Trinajstić information content (AvgIpc) is 3.44. The van der Waals surface area contributed by atoms with Gasteiger partial charge in [-0.2, -0.15) is 0 Å². The van der Waals surface area contributed by atoms with Gasteiger partial charge in [-0.25, -0.2) is 9.97 Å². The van der Waals surface area contributed by atoms with E-state index in [1.165, 1.54) is 24.8 Å². The molecule has 0 N–H and O–H groups in total. The summed E-state index contributed by atoms with van der Waals surface area (Å²) < 4.78 is 7.73. The lowest BCUT2D eigenvalue weighted by atomic mass is 9.60. The predicted molar refractivity (Wildman–Crippen MR) is 123 cm³/mol. The molecule has 1 fully saturated rings. The van der Waals surface area contributed by atoms with Gasteiger partial charge in [0.2, 0.25) is 0 Å². The number of rotatable bonds is 3. The Morgan fingerprint density at radius 3 is 2.69 bits per heavy atom. The highest BCUT2D eigenvalue weighted by atomic mass is 16.3. The molecule has 32 heavy (non-hydrogen) atoms. The molecule has 0 saturated heterocycles. The zero-order chi connectivity index (χ0) is 21.9. The smallest absolute Gasteiger partial charge is 0.181 e. The maximum absolute atomic E-state index is 5.58. The Morgan fingerprint density at radius 1 is 1.09 bits per heavy atom. The Morgan fingerprint density at radius 2 is 1.97 bits per heavy atom. The molecule has 6 heteroatoms. The van der Waals surface area contributed by atoms with Gasteiger partial charge in [-0.15, -0.1) is 0 Å². The van der Waals surface area contributed by atoms with E-state index in [0.29, 0.717) is 5.76 Å². The molecule has 0 unspecified atom stereocenters. The number of hydrogen-bond acceptors (Lipinski definition) is 5. The third kappa shape index (κ3) is 2.86.